The third-order valence-electron chi connectivity index (χ3n) is 7.77. The summed E-state index contributed by atoms with van der Waals surface area (Å²) in [6.07, 6.45) is 1.89. The Morgan fingerprint density at radius 1 is 1.07 bits per heavy atom. The van der Waals surface area contributed by atoms with E-state index in [0.29, 0.717) is 25.0 Å². The maximum Gasteiger partial charge on any atom is 0.329 e. The van der Waals surface area contributed by atoms with Crippen LogP contribution in [0, 0.1) is 11.6 Å². The van der Waals surface area contributed by atoms with E-state index in [0.717, 1.165) is 27.6 Å². The molecule has 2 atom stereocenters. The molecule has 2 N–H and O–H groups in total. The van der Waals surface area contributed by atoms with Crippen LogP contribution < -0.4 is 4.74 Å². The van der Waals surface area contributed by atoms with Gasteiger partial charge in [0, 0.05) is 46.9 Å². The van der Waals surface area contributed by atoms with Gasteiger partial charge in [0.2, 0.25) is 0 Å². The van der Waals surface area contributed by atoms with Crippen LogP contribution in [0.2, 0.25) is 0 Å². The van der Waals surface area contributed by atoms with Gasteiger partial charge in [0.25, 0.3) is 0 Å². The summed E-state index contributed by atoms with van der Waals surface area (Å²) in [5.74, 6) is -2.41. The largest absolute Gasteiger partial charge is 0.493 e. The second kappa shape index (κ2) is 12.8. The number of aromatic nitrogens is 1. The second-order valence-electron chi connectivity index (χ2n) is 11.9. The summed E-state index contributed by atoms with van der Waals surface area (Å²) in [6.45, 7) is 5.01. The number of ether oxygens (including phenoxy) is 2. The summed E-state index contributed by atoms with van der Waals surface area (Å²) in [6, 6.07) is 16.8. The summed E-state index contributed by atoms with van der Waals surface area (Å²) < 4.78 is 57.6. The van der Waals surface area contributed by atoms with Gasteiger partial charge in [0.05, 0.1) is 19.3 Å². The van der Waals surface area contributed by atoms with Crippen LogP contribution in [0.25, 0.3) is 10.9 Å². The third-order valence-corrected chi connectivity index (χ3v) is 7.77. The van der Waals surface area contributed by atoms with Gasteiger partial charge in [-0.2, -0.15) is 0 Å². The third kappa shape index (κ3) is 7.22. The Hall–Kier alpha value is -3.82. The van der Waals surface area contributed by atoms with Gasteiger partial charge in [0.15, 0.2) is 0 Å². The summed E-state index contributed by atoms with van der Waals surface area (Å²) in [5.41, 5.74) is 2.74. The number of aromatic amines is 1. The first-order valence-electron chi connectivity index (χ1n) is 14.5. The van der Waals surface area contributed by atoms with Crippen molar-refractivity contribution < 1.29 is 32.5 Å². The first-order valence-corrected chi connectivity index (χ1v) is 14.5. The molecular formula is C34H37F3N2O4. The number of nitrogens with zero attached hydrogens (tertiary/aromatic N) is 1. The number of carbonyl (C=O) groups is 1. The molecule has 1 aromatic heterocycles. The maximum absolute atomic E-state index is 15.8. The Kier molecular flexibility index (Phi) is 9.13. The Bertz CT molecular complexity index is 1570. The van der Waals surface area contributed by atoms with Crippen LogP contribution >= 0.6 is 0 Å². The van der Waals surface area contributed by atoms with Crippen LogP contribution in [0.5, 0.6) is 5.75 Å². The van der Waals surface area contributed by atoms with Gasteiger partial charge in [-0.25, -0.2) is 18.0 Å². The average Bonchev–Trinajstić information content (AvgIpc) is 3.30. The molecule has 5 rings (SSSR count). The molecule has 9 heteroatoms. The molecule has 6 nitrogen and oxygen atoms in total. The molecule has 4 aromatic rings. The highest BCUT2D eigenvalue weighted by molar-refractivity contribution is 5.85. The molecule has 228 valence electrons. The lowest BCUT2D eigenvalue weighted by Crippen LogP contribution is -2.48. The number of rotatable bonds is 12. The molecule has 0 radical (unpaired) electrons. The Morgan fingerprint density at radius 3 is 2.51 bits per heavy atom. The van der Waals surface area contributed by atoms with Gasteiger partial charge in [0.1, 0.15) is 29.7 Å². The number of carboxylic acid groups (broad SMARTS) is 1. The van der Waals surface area contributed by atoms with Crippen molar-refractivity contribution in [3.05, 3.63) is 100 Å². The number of aryl methyl sites for hydroxylation is 1. The number of carboxylic acids is 1. The lowest BCUT2D eigenvalue weighted by molar-refractivity contribution is -0.142. The second-order valence-corrected chi connectivity index (χ2v) is 11.9. The number of fused-ring (bicyclic) bond motifs is 3. The summed E-state index contributed by atoms with van der Waals surface area (Å²) in [5, 5.41) is 9.73. The highest BCUT2D eigenvalue weighted by atomic mass is 19.1. The van der Waals surface area contributed by atoms with E-state index in [1.807, 2.05) is 60.4 Å². The number of nitrogens with one attached hydrogen (secondary N) is 1. The Labute approximate surface area is 249 Å². The van der Waals surface area contributed by atoms with Gasteiger partial charge in [-0.15, -0.1) is 0 Å². The lowest BCUT2D eigenvalue weighted by atomic mass is 9.87. The van der Waals surface area contributed by atoms with Gasteiger partial charge in [-0.05, 0) is 62.8 Å². The molecule has 0 aliphatic carbocycles. The highest BCUT2D eigenvalue weighted by Gasteiger charge is 2.41. The molecule has 0 bridgehead atoms. The zero-order valence-corrected chi connectivity index (χ0v) is 24.6. The number of alkyl halides is 1. The summed E-state index contributed by atoms with van der Waals surface area (Å²) in [4.78, 5) is 15.9. The molecule has 1 aliphatic heterocycles. The Morgan fingerprint density at radius 2 is 1.79 bits per heavy atom. The van der Waals surface area contributed by atoms with Crippen LogP contribution in [0.15, 0.2) is 60.7 Å². The molecule has 0 unspecified atom stereocenters. The first-order chi connectivity index (χ1) is 20.5. The van der Waals surface area contributed by atoms with E-state index in [-0.39, 0.29) is 43.7 Å². The van der Waals surface area contributed by atoms with Gasteiger partial charge >= 0.3 is 5.97 Å². The van der Waals surface area contributed by atoms with Gasteiger partial charge < -0.3 is 19.6 Å². The van der Waals surface area contributed by atoms with Crippen LogP contribution in [-0.2, 0) is 29.0 Å². The van der Waals surface area contributed by atoms with E-state index >= 15 is 8.78 Å². The first kappa shape index (κ1) is 30.6. The molecule has 43 heavy (non-hydrogen) atoms. The zero-order chi connectivity index (χ0) is 30.7. The molecule has 0 amide bonds. The van der Waals surface area contributed by atoms with Crippen molar-refractivity contribution >= 4 is 16.9 Å². The molecule has 0 saturated heterocycles. The number of hydrogen-bond acceptors (Lipinski definition) is 4. The smallest absolute Gasteiger partial charge is 0.329 e. The lowest BCUT2D eigenvalue weighted by Gasteiger charge is -2.43. The van der Waals surface area contributed by atoms with Crippen molar-refractivity contribution in [2.24, 2.45) is 0 Å². The van der Waals surface area contributed by atoms with Gasteiger partial charge in [-0.1, -0.05) is 42.5 Å². The quantitative estimate of drug-likeness (QED) is 0.171. The molecule has 0 spiro atoms. The average molecular weight is 595 g/mol. The molecular weight excluding hydrogens is 557 g/mol. The number of aliphatic carboxylic acids is 1. The summed E-state index contributed by atoms with van der Waals surface area (Å²) in [7, 11) is 0. The zero-order valence-electron chi connectivity index (χ0n) is 24.6. The van der Waals surface area contributed by atoms with Crippen molar-refractivity contribution in [3.63, 3.8) is 0 Å². The molecule has 1 aliphatic rings. The SMILES string of the molecule is C[C@@H]1Cc2c([nH]c3ccccc23)[C@@H](c2c(F)cc(OCCCc3cccc(COCC(=O)O)c3)cc2F)N1CC(C)(C)F. The monoisotopic (exact) mass is 594 g/mol. The van der Waals surface area contributed by atoms with Crippen molar-refractivity contribution in [1.82, 2.24) is 9.88 Å². The predicted octanol–water partition coefficient (Wildman–Crippen LogP) is 7.14. The minimum Gasteiger partial charge on any atom is -0.493 e. The van der Waals surface area contributed by atoms with Crippen LogP contribution in [0.3, 0.4) is 0 Å². The van der Waals surface area contributed by atoms with Crippen LogP contribution in [0.1, 0.15) is 61.2 Å². The van der Waals surface area contributed by atoms with E-state index in [4.69, 9.17) is 14.6 Å². The molecule has 0 saturated carbocycles. The van der Waals surface area contributed by atoms with Crippen molar-refractivity contribution in [2.75, 3.05) is 19.8 Å². The van der Waals surface area contributed by atoms with Crippen molar-refractivity contribution in [1.29, 1.82) is 0 Å². The van der Waals surface area contributed by atoms with E-state index < -0.39 is 29.3 Å². The number of halogens is 3. The van der Waals surface area contributed by atoms with Crippen molar-refractivity contribution in [2.45, 2.75) is 64.4 Å². The molecule has 0 fully saturated rings. The summed E-state index contributed by atoms with van der Waals surface area (Å²) >= 11 is 0. The van der Waals surface area contributed by atoms with E-state index in [1.54, 1.807) is 0 Å². The highest BCUT2D eigenvalue weighted by Crippen LogP contribution is 2.43. The predicted molar refractivity (Wildman–Crippen MR) is 159 cm³/mol. The topological polar surface area (TPSA) is 74.8 Å². The minimum absolute atomic E-state index is 0.0116. The van der Waals surface area contributed by atoms with Crippen LogP contribution in [-0.4, -0.2) is 52.4 Å². The minimum atomic E-state index is -1.57. The van der Waals surface area contributed by atoms with Gasteiger partial charge in [-0.3, -0.25) is 4.90 Å². The molecule has 3 aromatic carbocycles. The number of para-hydroxylation sites is 1. The van der Waals surface area contributed by atoms with Crippen LogP contribution in [0.4, 0.5) is 13.2 Å². The molecule has 2 heterocycles. The fraction of sp³-hybridized carbons (Fsp3) is 0.382. The van der Waals surface area contributed by atoms with Crippen molar-refractivity contribution in [3.8, 4) is 5.75 Å². The Balaban J connectivity index is 1.33. The maximum atomic E-state index is 15.8. The standard InChI is InChI=1S/C34H37F3N2O4/c1-21-14-26-25-11-4-5-12-29(25)38-32(26)33(39(21)20-34(2,3)37)31-27(35)16-24(17-28(31)36)43-13-7-10-22-8-6-9-23(15-22)18-42-19-30(40)41/h4-6,8-9,11-12,15-17,21,33,38H,7,10,13-14,18-20H2,1-3H3,(H,40,41)/t21-,33-/m1/s1. The number of hydrogen-bond donors (Lipinski definition) is 2. The number of benzene rings is 3. The van der Waals surface area contributed by atoms with E-state index in [9.17, 15) is 9.18 Å². The number of H-pyrrole nitrogens is 1. The fourth-order valence-electron chi connectivity index (χ4n) is 6.00. The van der Waals surface area contributed by atoms with E-state index in [2.05, 4.69) is 4.98 Å². The normalized spacial score (nSPS) is 17.3. The van der Waals surface area contributed by atoms with E-state index in [1.165, 1.54) is 26.0 Å². The fourth-order valence-corrected chi connectivity index (χ4v) is 6.00.